The molecule has 0 fully saturated rings. The van der Waals surface area contributed by atoms with Crippen LogP contribution in [0.5, 0.6) is 0 Å². The molecule has 0 aromatic heterocycles. The Morgan fingerprint density at radius 3 is 2.18 bits per heavy atom. The summed E-state index contributed by atoms with van der Waals surface area (Å²) in [6.07, 6.45) is 0. The van der Waals surface area contributed by atoms with Crippen molar-refractivity contribution in [3.05, 3.63) is 0 Å². The molecule has 0 aromatic carbocycles. The Bertz CT molecular complexity index is 105. The lowest BCUT2D eigenvalue weighted by atomic mass is 9.97. The fourth-order valence-electron chi connectivity index (χ4n) is 0.665. The largest absolute Gasteiger partial charge is 0.384 e. The molecule has 4 nitrogen and oxygen atoms in total. The van der Waals surface area contributed by atoms with Gasteiger partial charge in [0, 0.05) is 12.5 Å². The topological polar surface area (TPSA) is 58.9 Å². The molecule has 0 aliphatic rings. The highest BCUT2D eigenvalue weighted by Crippen LogP contribution is 2.28. The van der Waals surface area contributed by atoms with Gasteiger partial charge in [0.2, 0.25) is 0 Å². The molecular weight excluding hydrogens is 167 g/mol. The minimum atomic E-state index is -2.23. The molecule has 0 saturated heterocycles. The van der Waals surface area contributed by atoms with E-state index in [0.717, 1.165) is 0 Å². The first kappa shape index (κ1) is 11.3. The van der Waals surface area contributed by atoms with Gasteiger partial charge < -0.3 is 19.0 Å². The Morgan fingerprint density at radius 2 is 1.82 bits per heavy atom. The normalized spacial score (nSPS) is 12.5. The fraction of sp³-hybridized carbons (Fsp3) is 1.00. The van der Waals surface area contributed by atoms with Crippen LogP contribution in [-0.2, 0) is 9.26 Å². The van der Waals surface area contributed by atoms with Crippen LogP contribution >= 0.6 is 8.60 Å². The Kier molecular flexibility index (Phi) is 5.13. The van der Waals surface area contributed by atoms with E-state index in [1.165, 1.54) is 0 Å². The Labute approximate surface area is 68.1 Å². The molecule has 0 rings (SSSR count). The summed E-state index contributed by atoms with van der Waals surface area (Å²) in [5.41, 5.74) is -0.166. The summed E-state index contributed by atoms with van der Waals surface area (Å²) in [7, 11) is -0.631. The van der Waals surface area contributed by atoms with Crippen LogP contribution in [0.3, 0.4) is 0 Å². The zero-order valence-corrected chi connectivity index (χ0v) is 7.97. The van der Waals surface area contributed by atoms with Crippen LogP contribution in [0.25, 0.3) is 0 Å². The Morgan fingerprint density at radius 1 is 1.27 bits per heavy atom. The molecule has 2 N–H and O–H groups in total. The van der Waals surface area contributed by atoms with Crippen LogP contribution in [0.15, 0.2) is 0 Å². The minimum absolute atomic E-state index is 0.166. The van der Waals surface area contributed by atoms with Crippen molar-refractivity contribution < 1.29 is 19.0 Å². The van der Waals surface area contributed by atoms with Gasteiger partial charge in [-0.1, -0.05) is 13.8 Å². The molecule has 5 heteroatoms. The van der Waals surface area contributed by atoms with Gasteiger partial charge in [0.15, 0.2) is 0 Å². The third-order valence-corrected chi connectivity index (χ3v) is 1.47. The third kappa shape index (κ3) is 6.66. The molecule has 0 bridgehead atoms. The first-order valence-electron chi connectivity index (χ1n) is 3.28. The van der Waals surface area contributed by atoms with Crippen molar-refractivity contribution in [3.8, 4) is 0 Å². The monoisotopic (exact) mass is 182 g/mol. The average molecular weight is 182 g/mol. The Balaban J connectivity index is 3.54. The highest BCUT2D eigenvalue weighted by Gasteiger charge is 2.19. The number of ether oxygens (including phenoxy) is 1. The maximum atomic E-state index is 8.44. The van der Waals surface area contributed by atoms with Crippen molar-refractivity contribution in [1.82, 2.24) is 0 Å². The van der Waals surface area contributed by atoms with Gasteiger partial charge in [-0.3, -0.25) is 0 Å². The molecule has 0 aliphatic heterocycles. The van der Waals surface area contributed by atoms with E-state index in [0.29, 0.717) is 13.2 Å². The summed E-state index contributed by atoms with van der Waals surface area (Å²) in [5.74, 6) is 0. The summed E-state index contributed by atoms with van der Waals surface area (Å²) in [4.78, 5) is 16.9. The van der Waals surface area contributed by atoms with Crippen LogP contribution in [0.1, 0.15) is 13.8 Å². The third-order valence-electron chi connectivity index (χ3n) is 1.11. The van der Waals surface area contributed by atoms with Gasteiger partial charge in [-0.25, -0.2) is 0 Å². The zero-order valence-electron chi connectivity index (χ0n) is 7.07. The van der Waals surface area contributed by atoms with Gasteiger partial charge in [-0.05, 0) is 0 Å². The molecule has 0 atom stereocenters. The van der Waals surface area contributed by atoms with Crippen molar-refractivity contribution in [2.45, 2.75) is 13.8 Å². The maximum absolute atomic E-state index is 8.44. The van der Waals surface area contributed by atoms with E-state index in [1.54, 1.807) is 7.11 Å². The number of hydrogen-bond donors (Lipinski definition) is 2. The van der Waals surface area contributed by atoms with Gasteiger partial charge in [0.25, 0.3) is 0 Å². The highest BCUT2D eigenvalue weighted by molar-refractivity contribution is 7.39. The molecular formula is C6H15O4P. The quantitative estimate of drug-likeness (QED) is 0.620. The molecule has 68 valence electrons. The summed E-state index contributed by atoms with van der Waals surface area (Å²) < 4.78 is 9.56. The molecule has 0 spiro atoms. The lowest BCUT2D eigenvalue weighted by Gasteiger charge is -2.22. The second-order valence-electron chi connectivity index (χ2n) is 3.12. The molecule has 0 aromatic rings. The van der Waals surface area contributed by atoms with Crippen LogP contribution in [-0.4, -0.2) is 30.1 Å². The Hall–Kier alpha value is 0.270. The highest BCUT2D eigenvalue weighted by atomic mass is 31.2. The van der Waals surface area contributed by atoms with Gasteiger partial charge >= 0.3 is 8.60 Å². The van der Waals surface area contributed by atoms with E-state index in [1.807, 2.05) is 13.8 Å². The van der Waals surface area contributed by atoms with E-state index in [-0.39, 0.29) is 5.41 Å². The van der Waals surface area contributed by atoms with Crippen molar-refractivity contribution in [1.29, 1.82) is 0 Å². The van der Waals surface area contributed by atoms with Gasteiger partial charge in [0.1, 0.15) is 0 Å². The maximum Gasteiger partial charge on any atom is 0.327 e. The van der Waals surface area contributed by atoms with Crippen LogP contribution in [0.2, 0.25) is 0 Å². The second-order valence-corrected chi connectivity index (χ2v) is 3.89. The van der Waals surface area contributed by atoms with E-state index in [2.05, 4.69) is 4.52 Å². The number of rotatable bonds is 5. The van der Waals surface area contributed by atoms with Crippen molar-refractivity contribution in [3.63, 3.8) is 0 Å². The van der Waals surface area contributed by atoms with E-state index >= 15 is 0 Å². The molecule has 0 saturated carbocycles. The summed E-state index contributed by atoms with van der Waals surface area (Å²) in [6, 6.07) is 0. The standard InChI is InChI=1S/C6H15O4P/c1-6(2,4-9-3)5-10-11(7)8/h7-8H,4-5H2,1-3H3. The fourth-order valence-corrected chi connectivity index (χ4v) is 1.13. The predicted octanol–water partition coefficient (Wildman–Crippen LogP) is 0.887. The first-order valence-corrected chi connectivity index (χ1v) is 4.44. The van der Waals surface area contributed by atoms with Gasteiger partial charge in [-0.2, -0.15) is 0 Å². The van der Waals surface area contributed by atoms with E-state index in [4.69, 9.17) is 14.5 Å². The number of hydrogen-bond acceptors (Lipinski definition) is 4. The smallest absolute Gasteiger partial charge is 0.327 e. The van der Waals surface area contributed by atoms with Crippen LogP contribution < -0.4 is 0 Å². The molecule has 11 heavy (non-hydrogen) atoms. The summed E-state index contributed by atoms with van der Waals surface area (Å²) in [5, 5.41) is 0. The predicted molar refractivity (Wildman–Crippen MR) is 43.0 cm³/mol. The van der Waals surface area contributed by atoms with Gasteiger partial charge in [0.05, 0.1) is 13.2 Å². The van der Waals surface area contributed by atoms with Crippen molar-refractivity contribution >= 4 is 8.60 Å². The minimum Gasteiger partial charge on any atom is -0.384 e. The first-order chi connectivity index (χ1) is 4.98. The lowest BCUT2D eigenvalue weighted by Crippen LogP contribution is -2.23. The van der Waals surface area contributed by atoms with E-state index in [9.17, 15) is 0 Å². The summed E-state index contributed by atoms with van der Waals surface area (Å²) >= 11 is 0. The van der Waals surface area contributed by atoms with Crippen molar-refractivity contribution in [2.24, 2.45) is 5.41 Å². The molecule has 0 amide bonds. The zero-order chi connectivity index (χ0) is 8.91. The molecule has 0 aliphatic carbocycles. The van der Waals surface area contributed by atoms with Crippen molar-refractivity contribution in [2.75, 3.05) is 20.3 Å². The van der Waals surface area contributed by atoms with Crippen LogP contribution in [0, 0.1) is 5.41 Å². The average Bonchev–Trinajstić information content (AvgIpc) is 1.84. The second kappa shape index (κ2) is 5.01. The van der Waals surface area contributed by atoms with E-state index < -0.39 is 8.60 Å². The number of methoxy groups -OCH3 is 1. The molecule has 0 unspecified atom stereocenters. The SMILES string of the molecule is COCC(C)(C)COP(O)O. The molecule has 0 heterocycles. The molecule has 0 radical (unpaired) electrons. The van der Waals surface area contributed by atoms with Crippen LogP contribution in [0.4, 0.5) is 0 Å². The lowest BCUT2D eigenvalue weighted by molar-refractivity contribution is 0.0597. The summed E-state index contributed by atoms with van der Waals surface area (Å²) in [6.45, 7) is 4.68. The van der Waals surface area contributed by atoms with Gasteiger partial charge in [-0.15, -0.1) is 0 Å².